The molecule has 2 nitrogen and oxygen atoms in total. The Morgan fingerprint density at radius 2 is 2.08 bits per heavy atom. The number of rotatable bonds is 2. The molecule has 0 unspecified atom stereocenters. The number of ketones is 1. The highest BCUT2D eigenvalue weighted by Gasteiger charge is 2.10. The third kappa shape index (κ3) is 1.78. The quantitative estimate of drug-likeness (QED) is 0.426. The van der Waals surface area contributed by atoms with Gasteiger partial charge in [-0.25, -0.2) is 0 Å². The molecule has 2 N–H and O–H groups in total. The van der Waals surface area contributed by atoms with E-state index in [1.54, 1.807) is 13.0 Å². The molecular weight excluding hydrogens is 162 g/mol. The van der Waals surface area contributed by atoms with Crippen molar-refractivity contribution in [2.75, 3.05) is 5.73 Å². The highest BCUT2D eigenvalue weighted by molar-refractivity contribution is 6.11. The predicted octanol–water partition coefficient (Wildman–Crippen LogP) is 2.34. The van der Waals surface area contributed by atoms with Crippen LogP contribution in [0.15, 0.2) is 30.4 Å². The van der Waals surface area contributed by atoms with Crippen LogP contribution in [0.25, 0.3) is 0 Å². The molecule has 68 valence electrons. The van der Waals surface area contributed by atoms with Crippen LogP contribution >= 0.6 is 0 Å². The third-order valence-corrected chi connectivity index (χ3v) is 1.96. The third-order valence-electron chi connectivity index (χ3n) is 1.96. The van der Waals surface area contributed by atoms with Gasteiger partial charge in [-0.3, -0.25) is 4.79 Å². The Morgan fingerprint density at radius 1 is 1.46 bits per heavy atom. The van der Waals surface area contributed by atoms with Crippen LogP contribution in [0.1, 0.15) is 22.8 Å². The number of carbonyl (C=O) groups excluding carboxylic acids is 1. The van der Waals surface area contributed by atoms with Gasteiger partial charge in [0, 0.05) is 11.3 Å². The molecule has 0 bridgehead atoms. The molecule has 0 aliphatic heterocycles. The standard InChI is InChI=1S/C11H13NO/c1-7(2)11(13)9-6-4-5-8(3)10(9)12/h4-6H,1,12H2,2-3H3. The summed E-state index contributed by atoms with van der Waals surface area (Å²) in [6.45, 7) is 7.16. The molecule has 0 heterocycles. The first-order valence-electron chi connectivity index (χ1n) is 4.09. The number of nitrogens with two attached hydrogens (primary N) is 1. The summed E-state index contributed by atoms with van der Waals surface area (Å²) in [7, 11) is 0. The second kappa shape index (κ2) is 3.44. The van der Waals surface area contributed by atoms with E-state index in [1.165, 1.54) is 0 Å². The van der Waals surface area contributed by atoms with Crippen LogP contribution in [0.3, 0.4) is 0 Å². The molecule has 0 spiro atoms. The summed E-state index contributed by atoms with van der Waals surface area (Å²) in [6.07, 6.45) is 0. The molecule has 0 saturated heterocycles. The first kappa shape index (κ1) is 9.52. The predicted molar refractivity (Wildman–Crippen MR) is 54.7 cm³/mol. The lowest BCUT2D eigenvalue weighted by molar-refractivity contribution is 0.103. The van der Waals surface area contributed by atoms with Crippen molar-refractivity contribution in [3.8, 4) is 0 Å². The average Bonchev–Trinajstić information content (AvgIpc) is 2.08. The van der Waals surface area contributed by atoms with Gasteiger partial charge in [-0.05, 0) is 31.1 Å². The van der Waals surface area contributed by atoms with Gasteiger partial charge in [0.05, 0.1) is 0 Å². The van der Waals surface area contributed by atoms with E-state index in [0.717, 1.165) is 5.56 Å². The number of carbonyl (C=O) groups is 1. The van der Waals surface area contributed by atoms with E-state index >= 15 is 0 Å². The molecule has 0 amide bonds. The second-order valence-corrected chi connectivity index (χ2v) is 3.15. The maximum atomic E-state index is 11.5. The summed E-state index contributed by atoms with van der Waals surface area (Å²) < 4.78 is 0. The molecule has 1 aromatic carbocycles. The molecule has 0 aliphatic rings. The second-order valence-electron chi connectivity index (χ2n) is 3.15. The van der Waals surface area contributed by atoms with Gasteiger partial charge < -0.3 is 5.73 Å². The zero-order valence-corrected chi connectivity index (χ0v) is 7.92. The van der Waals surface area contributed by atoms with Crippen molar-refractivity contribution in [1.82, 2.24) is 0 Å². The lowest BCUT2D eigenvalue weighted by atomic mass is 10.0. The normalized spacial score (nSPS) is 9.69. The monoisotopic (exact) mass is 175 g/mol. The van der Waals surface area contributed by atoms with E-state index < -0.39 is 0 Å². The number of allylic oxidation sites excluding steroid dienone is 1. The van der Waals surface area contributed by atoms with Gasteiger partial charge in [-0.15, -0.1) is 0 Å². The van der Waals surface area contributed by atoms with Crippen LogP contribution in [0, 0.1) is 6.92 Å². The van der Waals surface area contributed by atoms with E-state index in [1.807, 2.05) is 19.1 Å². The van der Waals surface area contributed by atoms with Crippen molar-refractivity contribution in [2.24, 2.45) is 0 Å². The Balaban J connectivity index is 3.23. The summed E-state index contributed by atoms with van der Waals surface area (Å²) in [6, 6.07) is 5.42. The number of nitrogen functional groups attached to an aromatic ring is 1. The number of hydrogen-bond donors (Lipinski definition) is 1. The van der Waals surface area contributed by atoms with Gasteiger partial charge in [-0.1, -0.05) is 18.7 Å². The number of hydrogen-bond acceptors (Lipinski definition) is 2. The molecule has 0 radical (unpaired) electrons. The molecule has 0 saturated carbocycles. The van der Waals surface area contributed by atoms with Crippen LogP contribution in [-0.2, 0) is 0 Å². The zero-order chi connectivity index (χ0) is 10.0. The lowest BCUT2D eigenvalue weighted by Gasteiger charge is -2.06. The van der Waals surface area contributed by atoms with Gasteiger partial charge >= 0.3 is 0 Å². The molecule has 0 fully saturated rings. The maximum absolute atomic E-state index is 11.5. The van der Waals surface area contributed by atoms with Gasteiger partial charge in [0.25, 0.3) is 0 Å². The summed E-state index contributed by atoms with van der Waals surface area (Å²) in [5, 5.41) is 0. The Morgan fingerprint density at radius 3 is 2.62 bits per heavy atom. The molecule has 0 atom stereocenters. The van der Waals surface area contributed by atoms with Crippen LogP contribution in [0.5, 0.6) is 0 Å². The fourth-order valence-corrected chi connectivity index (χ4v) is 1.11. The fourth-order valence-electron chi connectivity index (χ4n) is 1.11. The maximum Gasteiger partial charge on any atom is 0.190 e. The Hall–Kier alpha value is -1.57. The smallest absolute Gasteiger partial charge is 0.190 e. The lowest BCUT2D eigenvalue weighted by Crippen LogP contribution is -2.05. The minimum Gasteiger partial charge on any atom is -0.398 e. The van der Waals surface area contributed by atoms with Gasteiger partial charge in [0.1, 0.15) is 0 Å². The van der Waals surface area contributed by atoms with E-state index in [-0.39, 0.29) is 5.78 Å². The van der Waals surface area contributed by atoms with Crippen molar-refractivity contribution in [1.29, 1.82) is 0 Å². The van der Waals surface area contributed by atoms with E-state index in [4.69, 9.17) is 5.73 Å². The number of benzene rings is 1. The molecule has 1 rings (SSSR count). The molecule has 0 aliphatic carbocycles. The van der Waals surface area contributed by atoms with Crippen LogP contribution in [0.4, 0.5) is 5.69 Å². The molecule has 13 heavy (non-hydrogen) atoms. The van der Waals surface area contributed by atoms with Crippen molar-refractivity contribution >= 4 is 11.5 Å². The van der Waals surface area contributed by atoms with Crippen molar-refractivity contribution in [3.05, 3.63) is 41.5 Å². The van der Waals surface area contributed by atoms with Crippen LogP contribution in [-0.4, -0.2) is 5.78 Å². The Bertz CT molecular complexity index is 366. The first-order chi connectivity index (χ1) is 6.04. The van der Waals surface area contributed by atoms with Crippen LogP contribution in [0.2, 0.25) is 0 Å². The van der Waals surface area contributed by atoms with Gasteiger partial charge in [-0.2, -0.15) is 0 Å². The molecule has 2 heteroatoms. The van der Waals surface area contributed by atoms with Crippen molar-refractivity contribution < 1.29 is 4.79 Å². The molecule has 1 aromatic rings. The first-order valence-corrected chi connectivity index (χ1v) is 4.09. The highest BCUT2D eigenvalue weighted by atomic mass is 16.1. The average molecular weight is 175 g/mol. The van der Waals surface area contributed by atoms with Crippen molar-refractivity contribution in [2.45, 2.75) is 13.8 Å². The fraction of sp³-hybridized carbons (Fsp3) is 0.182. The van der Waals surface area contributed by atoms with Crippen LogP contribution < -0.4 is 5.73 Å². The van der Waals surface area contributed by atoms with Gasteiger partial charge in [0.2, 0.25) is 0 Å². The molecule has 0 aromatic heterocycles. The number of para-hydroxylation sites is 1. The van der Waals surface area contributed by atoms with Crippen molar-refractivity contribution in [3.63, 3.8) is 0 Å². The minimum atomic E-state index is -0.0822. The van der Waals surface area contributed by atoms with Gasteiger partial charge in [0.15, 0.2) is 5.78 Å². The van der Waals surface area contributed by atoms with E-state index in [9.17, 15) is 4.79 Å². The SMILES string of the molecule is C=C(C)C(=O)c1cccc(C)c1N. The summed E-state index contributed by atoms with van der Waals surface area (Å²) in [5.74, 6) is -0.0822. The number of Topliss-reactive ketones (excluding diaryl/α,β-unsaturated/α-hetero) is 1. The summed E-state index contributed by atoms with van der Waals surface area (Å²) in [4.78, 5) is 11.5. The summed E-state index contributed by atoms with van der Waals surface area (Å²) >= 11 is 0. The number of anilines is 1. The zero-order valence-electron chi connectivity index (χ0n) is 7.92. The Kier molecular flexibility index (Phi) is 2.52. The molecular formula is C11H13NO. The van der Waals surface area contributed by atoms with E-state index in [0.29, 0.717) is 16.8 Å². The Labute approximate surface area is 78.1 Å². The topological polar surface area (TPSA) is 43.1 Å². The summed E-state index contributed by atoms with van der Waals surface area (Å²) in [5.41, 5.74) is 8.29. The number of aryl methyl sites for hydroxylation is 1. The highest BCUT2D eigenvalue weighted by Crippen LogP contribution is 2.18. The minimum absolute atomic E-state index is 0.0822. The van der Waals surface area contributed by atoms with E-state index in [2.05, 4.69) is 6.58 Å². The largest absolute Gasteiger partial charge is 0.398 e.